The van der Waals surface area contributed by atoms with E-state index in [1.54, 1.807) is 18.5 Å². The van der Waals surface area contributed by atoms with Crippen molar-refractivity contribution in [3.63, 3.8) is 0 Å². The average Bonchev–Trinajstić information content (AvgIpc) is 2.68. The summed E-state index contributed by atoms with van der Waals surface area (Å²) in [6.07, 6.45) is 3.40. The number of aryl methyl sites for hydroxylation is 1. The molecule has 2 aromatic heterocycles. The van der Waals surface area contributed by atoms with Gasteiger partial charge in [0.15, 0.2) is 0 Å². The molecule has 6 nitrogen and oxygen atoms in total. The van der Waals surface area contributed by atoms with Crippen LogP contribution in [0.3, 0.4) is 0 Å². The molecular formula is C21H24FN5O. The van der Waals surface area contributed by atoms with E-state index in [2.05, 4.69) is 25.6 Å². The third kappa shape index (κ3) is 4.80. The highest BCUT2D eigenvalue weighted by Crippen LogP contribution is 2.25. The van der Waals surface area contributed by atoms with Gasteiger partial charge in [0.25, 0.3) is 0 Å². The van der Waals surface area contributed by atoms with Crippen LogP contribution < -0.4 is 10.6 Å². The van der Waals surface area contributed by atoms with Gasteiger partial charge in [0, 0.05) is 29.7 Å². The zero-order chi connectivity index (χ0) is 20.1. The normalized spacial score (nSPS) is 12.1. The summed E-state index contributed by atoms with van der Waals surface area (Å²) in [4.78, 5) is 13.2. The van der Waals surface area contributed by atoms with Crippen LogP contribution >= 0.6 is 0 Å². The summed E-state index contributed by atoms with van der Waals surface area (Å²) in [5.74, 6) is 0.894. The maximum Gasteiger partial charge on any atom is 0.225 e. The minimum Gasteiger partial charge on any atom is -0.394 e. The Kier molecular flexibility index (Phi) is 6.16. The van der Waals surface area contributed by atoms with Gasteiger partial charge in [0.1, 0.15) is 11.6 Å². The number of anilines is 3. The van der Waals surface area contributed by atoms with E-state index in [1.165, 1.54) is 12.1 Å². The van der Waals surface area contributed by atoms with E-state index < -0.39 is 0 Å². The fourth-order valence-corrected chi connectivity index (χ4v) is 2.74. The number of halogens is 1. The molecule has 0 fully saturated rings. The molecule has 2 heterocycles. The molecule has 0 saturated carbocycles. The Morgan fingerprint density at radius 2 is 1.82 bits per heavy atom. The molecule has 7 heteroatoms. The zero-order valence-electron chi connectivity index (χ0n) is 16.1. The van der Waals surface area contributed by atoms with Crippen molar-refractivity contribution in [2.45, 2.75) is 26.8 Å². The first-order chi connectivity index (χ1) is 13.5. The Balaban J connectivity index is 1.99. The van der Waals surface area contributed by atoms with E-state index in [1.807, 2.05) is 39.0 Å². The summed E-state index contributed by atoms with van der Waals surface area (Å²) in [7, 11) is 0. The summed E-state index contributed by atoms with van der Waals surface area (Å²) >= 11 is 0. The number of hydrogen-bond acceptors (Lipinski definition) is 6. The number of hydrogen-bond donors (Lipinski definition) is 3. The molecule has 0 bridgehead atoms. The summed E-state index contributed by atoms with van der Waals surface area (Å²) in [6, 6.07) is 9.93. The van der Waals surface area contributed by atoms with Gasteiger partial charge in [-0.3, -0.25) is 4.98 Å². The molecule has 3 aromatic rings. The number of aliphatic hydroxyl groups is 1. The monoisotopic (exact) mass is 381 g/mol. The van der Waals surface area contributed by atoms with Gasteiger partial charge in [0.2, 0.25) is 5.95 Å². The molecule has 146 valence electrons. The van der Waals surface area contributed by atoms with E-state index >= 15 is 0 Å². The first-order valence-electron chi connectivity index (χ1n) is 9.16. The second-order valence-corrected chi connectivity index (χ2v) is 6.96. The summed E-state index contributed by atoms with van der Waals surface area (Å²) in [5.41, 5.74) is 3.13. The van der Waals surface area contributed by atoms with Crippen LogP contribution in [0.1, 0.15) is 19.4 Å². The van der Waals surface area contributed by atoms with Gasteiger partial charge >= 0.3 is 0 Å². The van der Waals surface area contributed by atoms with Crippen LogP contribution in [0.15, 0.2) is 48.8 Å². The molecule has 3 N–H and O–H groups in total. The van der Waals surface area contributed by atoms with Crippen LogP contribution in [0.25, 0.3) is 11.3 Å². The Hall–Kier alpha value is -3.06. The van der Waals surface area contributed by atoms with Crippen molar-refractivity contribution < 1.29 is 9.50 Å². The number of aliphatic hydroxyl groups excluding tert-OH is 1. The minimum absolute atomic E-state index is 0.0274. The highest BCUT2D eigenvalue weighted by atomic mass is 19.1. The van der Waals surface area contributed by atoms with Crippen LogP contribution in [-0.2, 0) is 0 Å². The third-order valence-corrected chi connectivity index (χ3v) is 4.47. The lowest BCUT2D eigenvalue weighted by molar-refractivity contribution is 0.248. The summed E-state index contributed by atoms with van der Waals surface area (Å²) < 4.78 is 13.4. The molecule has 0 aliphatic heterocycles. The van der Waals surface area contributed by atoms with Crippen molar-refractivity contribution >= 4 is 17.5 Å². The highest BCUT2D eigenvalue weighted by Gasteiger charge is 2.15. The number of nitrogens with one attached hydrogen (secondary N) is 2. The predicted molar refractivity (Wildman–Crippen MR) is 109 cm³/mol. The molecule has 0 aliphatic rings. The maximum atomic E-state index is 13.4. The predicted octanol–water partition coefficient (Wildman–Crippen LogP) is 4.16. The van der Waals surface area contributed by atoms with E-state index in [4.69, 9.17) is 0 Å². The van der Waals surface area contributed by atoms with Crippen LogP contribution in [0.4, 0.5) is 21.8 Å². The lowest BCUT2D eigenvalue weighted by Crippen LogP contribution is -2.30. The van der Waals surface area contributed by atoms with Gasteiger partial charge in [-0.25, -0.2) is 9.37 Å². The number of pyridine rings is 1. The highest BCUT2D eigenvalue weighted by molar-refractivity contribution is 5.68. The van der Waals surface area contributed by atoms with Crippen molar-refractivity contribution in [2.75, 3.05) is 17.2 Å². The fraction of sp³-hybridized carbons (Fsp3) is 0.286. The van der Waals surface area contributed by atoms with Crippen LogP contribution in [0.2, 0.25) is 0 Å². The Morgan fingerprint density at radius 1 is 1.07 bits per heavy atom. The first-order valence-corrected chi connectivity index (χ1v) is 9.16. The van der Waals surface area contributed by atoms with E-state index in [0.29, 0.717) is 17.5 Å². The van der Waals surface area contributed by atoms with Crippen molar-refractivity contribution in [3.05, 3.63) is 60.2 Å². The average molecular weight is 381 g/mol. The topological polar surface area (TPSA) is 83.0 Å². The molecule has 0 spiro atoms. The lowest BCUT2D eigenvalue weighted by Gasteiger charge is -2.21. The van der Waals surface area contributed by atoms with Gasteiger partial charge in [-0.15, -0.1) is 0 Å². The van der Waals surface area contributed by atoms with Gasteiger partial charge in [0.05, 0.1) is 18.3 Å². The SMILES string of the molecule is Cc1cc(F)ccc1Nc1cc(-c2ccncc2)nc(N[C@@H](CO)C(C)C)n1. The zero-order valence-corrected chi connectivity index (χ0v) is 16.1. The standard InChI is InChI=1S/C21H24FN5O/c1-13(2)19(12-28)26-21-25-18(15-6-8-23-9-7-15)11-20(27-21)24-17-5-4-16(22)10-14(17)3/h4-11,13,19,28H,12H2,1-3H3,(H2,24,25,26,27)/t19-/m0/s1. The van der Waals surface area contributed by atoms with Gasteiger partial charge in [-0.05, 0) is 48.7 Å². The number of benzene rings is 1. The van der Waals surface area contributed by atoms with E-state index in [-0.39, 0.29) is 24.4 Å². The van der Waals surface area contributed by atoms with Crippen molar-refractivity contribution in [2.24, 2.45) is 5.92 Å². The van der Waals surface area contributed by atoms with Crippen molar-refractivity contribution in [3.8, 4) is 11.3 Å². The van der Waals surface area contributed by atoms with E-state index in [0.717, 1.165) is 16.8 Å². The molecule has 0 saturated heterocycles. The maximum absolute atomic E-state index is 13.4. The number of rotatable bonds is 7. The largest absolute Gasteiger partial charge is 0.394 e. The quantitative estimate of drug-likeness (QED) is 0.570. The van der Waals surface area contributed by atoms with Gasteiger partial charge < -0.3 is 15.7 Å². The fourth-order valence-electron chi connectivity index (χ4n) is 2.74. The molecular weight excluding hydrogens is 357 g/mol. The van der Waals surface area contributed by atoms with Gasteiger partial charge in [-0.1, -0.05) is 13.8 Å². The molecule has 0 amide bonds. The molecule has 1 aromatic carbocycles. The van der Waals surface area contributed by atoms with Crippen molar-refractivity contribution in [1.82, 2.24) is 15.0 Å². The second-order valence-electron chi connectivity index (χ2n) is 6.96. The minimum atomic E-state index is -0.284. The van der Waals surface area contributed by atoms with Crippen LogP contribution in [0.5, 0.6) is 0 Å². The lowest BCUT2D eigenvalue weighted by atomic mass is 10.1. The Morgan fingerprint density at radius 3 is 2.46 bits per heavy atom. The van der Waals surface area contributed by atoms with Crippen LogP contribution in [0, 0.1) is 18.7 Å². The smallest absolute Gasteiger partial charge is 0.225 e. The summed E-state index contributed by atoms with van der Waals surface area (Å²) in [5, 5.41) is 16.1. The first kappa shape index (κ1) is 19.7. The molecule has 3 rings (SSSR count). The van der Waals surface area contributed by atoms with Crippen LogP contribution in [-0.4, -0.2) is 32.7 Å². The van der Waals surface area contributed by atoms with Crippen molar-refractivity contribution in [1.29, 1.82) is 0 Å². The molecule has 0 aliphatic carbocycles. The number of aromatic nitrogens is 3. The Labute approximate surface area is 163 Å². The third-order valence-electron chi connectivity index (χ3n) is 4.47. The molecule has 28 heavy (non-hydrogen) atoms. The molecule has 0 unspecified atom stereocenters. The molecule has 1 atom stereocenters. The summed E-state index contributed by atoms with van der Waals surface area (Å²) in [6.45, 7) is 5.83. The Bertz CT molecular complexity index is 933. The van der Waals surface area contributed by atoms with E-state index in [9.17, 15) is 9.50 Å². The molecule has 0 radical (unpaired) electrons. The second kappa shape index (κ2) is 8.75. The van der Waals surface area contributed by atoms with Gasteiger partial charge in [-0.2, -0.15) is 4.98 Å². The number of nitrogens with zero attached hydrogens (tertiary/aromatic N) is 3.